The summed E-state index contributed by atoms with van der Waals surface area (Å²) < 4.78 is 7.15. The van der Waals surface area contributed by atoms with Crippen molar-refractivity contribution >= 4 is 5.91 Å². The summed E-state index contributed by atoms with van der Waals surface area (Å²) in [6.45, 7) is 2.29. The zero-order chi connectivity index (χ0) is 15.5. The molecule has 22 heavy (non-hydrogen) atoms. The monoisotopic (exact) mass is 297 g/mol. The van der Waals surface area contributed by atoms with Crippen LogP contribution in [-0.2, 0) is 6.54 Å². The number of carbonyl (C=O) groups is 1. The Morgan fingerprint density at radius 2 is 2.00 bits per heavy atom. The van der Waals surface area contributed by atoms with Crippen molar-refractivity contribution in [3.63, 3.8) is 0 Å². The molecule has 0 spiro atoms. The molecule has 0 saturated carbocycles. The molecule has 3 aromatic heterocycles. The number of furan rings is 1. The number of nitrogens with zero attached hydrogens (tertiary/aromatic N) is 5. The van der Waals surface area contributed by atoms with Crippen molar-refractivity contribution in [1.82, 2.24) is 24.6 Å². The lowest BCUT2D eigenvalue weighted by Crippen LogP contribution is -2.26. The smallest absolute Gasteiger partial charge is 0.255 e. The second kappa shape index (κ2) is 5.80. The molecular formula is C15H15N5O2. The van der Waals surface area contributed by atoms with Crippen molar-refractivity contribution in [2.24, 2.45) is 0 Å². The molecule has 0 radical (unpaired) electrons. The third kappa shape index (κ3) is 2.88. The minimum Gasteiger partial charge on any atom is -0.464 e. The summed E-state index contributed by atoms with van der Waals surface area (Å²) in [6, 6.07) is 7.23. The van der Waals surface area contributed by atoms with Gasteiger partial charge in [0.25, 0.3) is 5.91 Å². The number of carbonyl (C=O) groups excluding carboxylic acids is 1. The van der Waals surface area contributed by atoms with Gasteiger partial charge in [-0.05, 0) is 31.2 Å². The number of aryl methyl sites for hydroxylation is 1. The van der Waals surface area contributed by atoms with E-state index in [0.29, 0.717) is 17.9 Å². The molecule has 0 N–H and O–H groups in total. The van der Waals surface area contributed by atoms with E-state index in [1.807, 2.05) is 19.1 Å². The zero-order valence-electron chi connectivity index (χ0n) is 12.3. The maximum atomic E-state index is 12.4. The van der Waals surface area contributed by atoms with Crippen LogP contribution in [0.3, 0.4) is 0 Å². The zero-order valence-corrected chi connectivity index (χ0v) is 12.3. The Labute approximate surface area is 127 Å². The first-order valence-electron chi connectivity index (χ1n) is 6.75. The number of hydrogen-bond acceptors (Lipinski definition) is 5. The van der Waals surface area contributed by atoms with Gasteiger partial charge in [0.15, 0.2) is 0 Å². The van der Waals surface area contributed by atoms with E-state index in [0.717, 1.165) is 11.5 Å². The predicted molar refractivity (Wildman–Crippen MR) is 78.4 cm³/mol. The molecule has 3 aromatic rings. The van der Waals surface area contributed by atoms with Gasteiger partial charge in [0.05, 0.1) is 12.1 Å². The van der Waals surface area contributed by atoms with E-state index in [-0.39, 0.29) is 5.91 Å². The van der Waals surface area contributed by atoms with Gasteiger partial charge in [-0.25, -0.2) is 4.98 Å². The fourth-order valence-corrected chi connectivity index (χ4v) is 2.08. The van der Waals surface area contributed by atoms with Crippen LogP contribution in [0.5, 0.6) is 0 Å². The third-order valence-corrected chi connectivity index (χ3v) is 3.21. The minimum atomic E-state index is -0.114. The lowest BCUT2D eigenvalue weighted by molar-refractivity contribution is 0.0774. The highest BCUT2D eigenvalue weighted by atomic mass is 16.3. The van der Waals surface area contributed by atoms with Crippen LogP contribution >= 0.6 is 0 Å². The van der Waals surface area contributed by atoms with Crippen LogP contribution < -0.4 is 0 Å². The first-order chi connectivity index (χ1) is 10.6. The molecule has 0 saturated heterocycles. The second-order valence-corrected chi connectivity index (χ2v) is 4.95. The van der Waals surface area contributed by atoms with Crippen molar-refractivity contribution in [3.8, 4) is 5.82 Å². The standard InChI is InChI=1S/C15H15N5O2/c1-11-3-5-13(22-11)8-19(2)15(21)12-4-6-14(16-7-12)20-9-17-18-10-20/h3-7,9-10H,8H2,1-2H3. The van der Waals surface area contributed by atoms with E-state index in [4.69, 9.17) is 4.42 Å². The summed E-state index contributed by atoms with van der Waals surface area (Å²) in [5, 5.41) is 7.44. The van der Waals surface area contributed by atoms with Crippen LogP contribution in [0.15, 0.2) is 47.5 Å². The molecule has 3 rings (SSSR count). The van der Waals surface area contributed by atoms with Crippen molar-refractivity contribution in [2.45, 2.75) is 13.5 Å². The summed E-state index contributed by atoms with van der Waals surface area (Å²) in [6.07, 6.45) is 4.64. The number of rotatable bonds is 4. The Balaban J connectivity index is 1.71. The average Bonchev–Trinajstić information content (AvgIpc) is 3.18. The van der Waals surface area contributed by atoms with Crippen LogP contribution in [0.2, 0.25) is 0 Å². The van der Waals surface area contributed by atoms with Crippen molar-refractivity contribution in [1.29, 1.82) is 0 Å². The summed E-state index contributed by atoms with van der Waals surface area (Å²) in [5.41, 5.74) is 0.516. The fraction of sp³-hybridized carbons (Fsp3) is 0.200. The quantitative estimate of drug-likeness (QED) is 0.734. The lowest BCUT2D eigenvalue weighted by Gasteiger charge is -2.15. The van der Waals surface area contributed by atoms with Crippen molar-refractivity contribution in [3.05, 3.63) is 60.2 Å². The molecule has 1 amide bonds. The van der Waals surface area contributed by atoms with E-state index < -0.39 is 0 Å². The van der Waals surface area contributed by atoms with Gasteiger partial charge in [0, 0.05) is 13.2 Å². The minimum absolute atomic E-state index is 0.114. The Morgan fingerprint density at radius 1 is 1.23 bits per heavy atom. The fourth-order valence-electron chi connectivity index (χ4n) is 2.08. The third-order valence-electron chi connectivity index (χ3n) is 3.21. The normalized spacial score (nSPS) is 10.6. The summed E-state index contributed by atoms with van der Waals surface area (Å²) in [7, 11) is 1.73. The van der Waals surface area contributed by atoms with Gasteiger partial charge in [-0.3, -0.25) is 9.36 Å². The van der Waals surface area contributed by atoms with Gasteiger partial charge >= 0.3 is 0 Å². The van der Waals surface area contributed by atoms with Crippen LogP contribution in [0.1, 0.15) is 21.9 Å². The van der Waals surface area contributed by atoms with Crippen LogP contribution in [-0.4, -0.2) is 37.6 Å². The Morgan fingerprint density at radius 3 is 2.59 bits per heavy atom. The second-order valence-electron chi connectivity index (χ2n) is 4.95. The number of amides is 1. The maximum absolute atomic E-state index is 12.4. The Bertz CT molecular complexity index is 762. The van der Waals surface area contributed by atoms with Crippen LogP contribution in [0.25, 0.3) is 5.82 Å². The number of aromatic nitrogens is 4. The van der Waals surface area contributed by atoms with Gasteiger partial charge in [-0.1, -0.05) is 0 Å². The Kier molecular flexibility index (Phi) is 3.69. The topological polar surface area (TPSA) is 77.1 Å². The summed E-state index contributed by atoms with van der Waals surface area (Å²) >= 11 is 0. The van der Waals surface area contributed by atoms with Gasteiger partial charge in [-0.2, -0.15) is 0 Å². The molecule has 0 fully saturated rings. The number of pyridine rings is 1. The molecule has 0 aliphatic rings. The first-order valence-corrected chi connectivity index (χ1v) is 6.75. The Hall–Kier alpha value is -2.96. The summed E-state index contributed by atoms with van der Waals surface area (Å²) in [5.74, 6) is 2.13. The van der Waals surface area contributed by atoms with Crippen molar-refractivity contribution < 1.29 is 9.21 Å². The molecular weight excluding hydrogens is 282 g/mol. The van der Waals surface area contributed by atoms with Crippen molar-refractivity contribution in [2.75, 3.05) is 7.05 Å². The molecule has 7 heteroatoms. The maximum Gasteiger partial charge on any atom is 0.255 e. The highest BCUT2D eigenvalue weighted by molar-refractivity contribution is 5.93. The molecule has 0 unspecified atom stereocenters. The van der Waals surface area contributed by atoms with E-state index in [1.165, 1.54) is 0 Å². The predicted octanol–water partition coefficient (Wildman–Crippen LogP) is 1.84. The van der Waals surface area contributed by atoms with Gasteiger partial charge in [0.2, 0.25) is 0 Å². The highest BCUT2D eigenvalue weighted by Gasteiger charge is 2.14. The highest BCUT2D eigenvalue weighted by Crippen LogP contribution is 2.12. The molecule has 112 valence electrons. The molecule has 0 aromatic carbocycles. The molecule has 0 aliphatic heterocycles. The van der Waals surface area contributed by atoms with E-state index >= 15 is 0 Å². The average molecular weight is 297 g/mol. The summed E-state index contributed by atoms with van der Waals surface area (Å²) in [4.78, 5) is 18.2. The van der Waals surface area contributed by atoms with Gasteiger partial charge in [-0.15, -0.1) is 10.2 Å². The SMILES string of the molecule is Cc1ccc(CN(C)C(=O)c2ccc(-n3cnnc3)nc2)o1. The molecule has 0 bridgehead atoms. The largest absolute Gasteiger partial charge is 0.464 e. The molecule has 3 heterocycles. The van der Waals surface area contributed by atoms with E-state index in [2.05, 4.69) is 15.2 Å². The van der Waals surface area contributed by atoms with Crippen LogP contribution in [0, 0.1) is 6.92 Å². The van der Waals surface area contributed by atoms with Crippen LogP contribution in [0.4, 0.5) is 0 Å². The lowest BCUT2D eigenvalue weighted by atomic mass is 10.2. The van der Waals surface area contributed by atoms with Gasteiger partial charge in [0.1, 0.15) is 30.0 Å². The van der Waals surface area contributed by atoms with E-state index in [9.17, 15) is 4.79 Å². The first kappa shape index (κ1) is 14.0. The molecule has 0 aliphatic carbocycles. The van der Waals surface area contributed by atoms with E-state index in [1.54, 1.807) is 47.5 Å². The molecule has 0 atom stereocenters. The molecule has 7 nitrogen and oxygen atoms in total. The number of hydrogen-bond donors (Lipinski definition) is 0. The van der Waals surface area contributed by atoms with Gasteiger partial charge < -0.3 is 9.32 Å².